The number of hydrogen-bond donors (Lipinski definition) is 3. The van der Waals surface area contributed by atoms with Crippen LogP contribution in [-0.2, 0) is 9.59 Å². The first-order chi connectivity index (χ1) is 11.1. The molecule has 0 aliphatic carbocycles. The zero-order valence-electron chi connectivity index (χ0n) is 13.6. The van der Waals surface area contributed by atoms with Crippen molar-refractivity contribution in [3.63, 3.8) is 0 Å². The summed E-state index contributed by atoms with van der Waals surface area (Å²) < 4.78 is 11.0. The topological polar surface area (TPSA) is 81.1 Å². The van der Waals surface area contributed by atoms with Crippen molar-refractivity contribution in [2.24, 2.45) is 0 Å². The van der Waals surface area contributed by atoms with Crippen molar-refractivity contribution < 1.29 is 24.0 Å². The average molecular weight is 322 g/mol. The molecule has 7 nitrogen and oxygen atoms in total. The fourth-order valence-electron chi connectivity index (χ4n) is 2.47. The van der Waals surface area contributed by atoms with Crippen LogP contribution < -0.4 is 25.0 Å². The lowest BCUT2D eigenvalue weighted by atomic mass is 10.2. The van der Waals surface area contributed by atoms with E-state index < -0.39 is 0 Å². The zero-order chi connectivity index (χ0) is 16.7. The summed E-state index contributed by atoms with van der Waals surface area (Å²) in [6, 6.07) is 5.32. The Morgan fingerprint density at radius 3 is 2.70 bits per heavy atom. The summed E-state index contributed by atoms with van der Waals surface area (Å²) in [6.45, 7) is 6.84. The van der Waals surface area contributed by atoms with Gasteiger partial charge < -0.3 is 25.0 Å². The van der Waals surface area contributed by atoms with Gasteiger partial charge in [-0.25, -0.2) is 0 Å². The lowest BCUT2D eigenvalue weighted by Gasteiger charge is -2.23. The third-order valence-electron chi connectivity index (χ3n) is 3.45. The van der Waals surface area contributed by atoms with Gasteiger partial charge in [0.25, 0.3) is 11.8 Å². The molecule has 0 bridgehead atoms. The van der Waals surface area contributed by atoms with Gasteiger partial charge >= 0.3 is 0 Å². The summed E-state index contributed by atoms with van der Waals surface area (Å²) in [4.78, 5) is 24.4. The van der Waals surface area contributed by atoms with Gasteiger partial charge in [-0.05, 0) is 26.0 Å². The average Bonchev–Trinajstić information content (AvgIpc) is 2.50. The number of rotatable bonds is 7. The van der Waals surface area contributed by atoms with Crippen molar-refractivity contribution in [1.29, 1.82) is 0 Å². The molecule has 126 valence electrons. The van der Waals surface area contributed by atoms with E-state index in [0.29, 0.717) is 43.5 Å². The molecular formula is C16H24N3O4+. The molecule has 2 amide bonds. The minimum atomic E-state index is -0.124. The van der Waals surface area contributed by atoms with Crippen LogP contribution in [0.1, 0.15) is 13.8 Å². The van der Waals surface area contributed by atoms with Gasteiger partial charge in [0.2, 0.25) is 0 Å². The molecule has 1 aromatic carbocycles. The lowest BCUT2D eigenvalue weighted by molar-refractivity contribution is -0.885. The first kappa shape index (κ1) is 17.1. The second-order valence-corrected chi connectivity index (χ2v) is 5.28. The van der Waals surface area contributed by atoms with Crippen LogP contribution in [0, 0.1) is 0 Å². The summed E-state index contributed by atoms with van der Waals surface area (Å²) >= 11 is 0. The Labute approximate surface area is 135 Å². The predicted octanol–water partition coefficient (Wildman–Crippen LogP) is -0.563. The van der Waals surface area contributed by atoms with Crippen LogP contribution in [0.25, 0.3) is 0 Å². The number of ether oxygens (including phenoxy) is 2. The largest absolute Gasteiger partial charge is 0.490 e. The van der Waals surface area contributed by atoms with Gasteiger partial charge in [0.05, 0.1) is 26.3 Å². The predicted molar refractivity (Wildman–Crippen MR) is 86.0 cm³/mol. The highest BCUT2D eigenvalue weighted by Crippen LogP contribution is 2.30. The Morgan fingerprint density at radius 2 is 2.00 bits per heavy atom. The van der Waals surface area contributed by atoms with Gasteiger partial charge in [-0.15, -0.1) is 0 Å². The molecule has 1 aliphatic rings. The van der Waals surface area contributed by atoms with E-state index in [9.17, 15) is 9.59 Å². The van der Waals surface area contributed by atoms with Crippen LogP contribution in [0.4, 0.5) is 5.69 Å². The number of quaternary nitrogens is 1. The van der Waals surface area contributed by atoms with Gasteiger partial charge in [0, 0.05) is 11.8 Å². The number of carbonyl (C=O) groups excluding carboxylic acids is 2. The molecule has 1 heterocycles. The maximum Gasteiger partial charge on any atom is 0.279 e. The third-order valence-corrected chi connectivity index (χ3v) is 3.45. The van der Waals surface area contributed by atoms with E-state index in [0.717, 1.165) is 11.4 Å². The summed E-state index contributed by atoms with van der Waals surface area (Å²) in [7, 11) is 0. The van der Waals surface area contributed by atoms with Crippen LogP contribution in [0.5, 0.6) is 11.5 Å². The molecule has 2 rings (SSSR count). The number of benzene rings is 1. The third kappa shape index (κ3) is 5.14. The SMILES string of the molecule is CCOc1ccc(NC(=O)C[NH+]2CCNC(=O)C2)cc1OCC. The smallest absolute Gasteiger partial charge is 0.279 e. The molecule has 0 radical (unpaired) electrons. The number of amides is 2. The molecule has 1 fully saturated rings. The van der Waals surface area contributed by atoms with E-state index >= 15 is 0 Å². The van der Waals surface area contributed by atoms with E-state index in [1.54, 1.807) is 18.2 Å². The lowest BCUT2D eigenvalue weighted by Crippen LogP contribution is -3.16. The van der Waals surface area contributed by atoms with Crippen LogP contribution in [0.2, 0.25) is 0 Å². The number of nitrogens with one attached hydrogen (secondary N) is 3. The molecule has 1 atom stereocenters. The Bertz CT molecular complexity index is 562. The van der Waals surface area contributed by atoms with E-state index in [1.807, 2.05) is 13.8 Å². The van der Waals surface area contributed by atoms with Crippen molar-refractivity contribution >= 4 is 17.5 Å². The highest BCUT2D eigenvalue weighted by Gasteiger charge is 2.22. The molecule has 0 spiro atoms. The van der Waals surface area contributed by atoms with Crippen LogP contribution >= 0.6 is 0 Å². The van der Waals surface area contributed by atoms with Crippen molar-refractivity contribution in [1.82, 2.24) is 5.32 Å². The maximum absolute atomic E-state index is 12.1. The number of piperazine rings is 1. The highest BCUT2D eigenvalue weighted by molar-refractivity contribution is 5.92. The Hall–Kier alpha value is -2.28. The van der Waals surface area contributed by atoms with E-state index in [2.05, 4.69) is 10.6 Å². The quantitative estimate of drug-likeness (QED) is 0.628. The summed E-state index contributed by atoms with van der Waals surface area (Å²) in [5.74, 6) is 1.13. The van der Waals surface area contributed by atoms with Crippen LogP contribution in [0.3, 0.4) is 0 Å². The van der Waals surface area contributed by atoms with Gasteiger partial charge in [-0.2, -0.15) is 0 Å². The van der Waals surface area contributed by atoms with Gasteiger partial charge in [-0.3, -0.25) is 9.59 Å². The van der Waals surface area contributed by atoms with Gasteiger partial charge in [0.15, 0.2) is 24.6 Å². The van der Waals surface area contributed by atoms with Crippen LogP contribution in [-0.4, -0.2) is 51.2 Å². The van der Waals surface area contributed by atoms with Crippen molar-refractivity contribution in [3.05, 3.63) is 18.2 Å². The number of carbonyl (C=O) groups is 2. The van der Waals surface area contributed by atoms with Crippen LogP contribution in [0.15, 0.2) is 18.2 Å². The minimum absolute atomic E-state index is 0.0150. The van der Waals surface area contributed by atoms with E-state index in [1.165, 1.54) is 0 Å². The molecular weight excluding hydrogens is 298 g/mol. The Kier molecular flexibility index (Phi) is 6.22. The van der Waals surface area contributed by atoms with E-state index in [-0.39, 0.29) is 18.4 Å². The standard InChI is InChI=1S/C16H23N3O4/c1-3-22-13-6-5-12(9-14(13)23-4-2)18-16(21)11-19-8-7-17-15(20)10-19/h5-6,9H,3-4,7-8,10-11H2,1-2H3,(H,17,20)(H,18,21)/p+1. The zero-order valence-corrected chi connectivity index (χ0v) is 13.6. The Morgan fingerprint density at radius 1 is 1.26 bits per heavy atom. The highest BCUT2D eigenvalue weighted by atomic mass is 16.5. The fraction of sp³-hybridized carbons (Fsp3) is 0.500. The summed E-state index contributed by atoms with van der Waals surface area (Å²) in [5.41, 5.74) is 0.655. The van der Waals surface area contributed by atoms with Gasteiger partial charge in [-0.1, -0.05) is 0 Å². The molecule has 0 aromatic heterocycles. The van der Waals surface area contributed by atoms with Crippen molar-refractivity contribution in [3.8, 4) is 11.5 Å². The maximum atomic E-state index is 12.1. The van der Waals surface area contributed by atoms with Gasteiger partial charge in [0.1, 0.15) is 0 Å². The molecule has 1 aliphatic heterocycles. The first-order valence-electron chi connectivity index (χ1n) is 7.92. The van der Waals surface area contributed by atoms with Crippen molar-refractivity contribution in [2.45, 2.75) is 13.8 Å². The molecule has 1 aromatic rings. The molecule has 1 saturated heterocycles. The summed E-state index contributed by atoms with van der Waals surface area (Å²) in [5, 5.41) is 5.60. The van der Waals surface area contributed by atoms with E-state index in [4.69, 9.17) is 9.47 Å². The minimum Gasteiger partial charge on any atom is -0.490 e. The monoisotopic (exact) mass is 322 g/mol. The molecule has 1 unspecified atom stereocenters. The first-order valence-corrected chi connectivity index (χ1v) is 7.92. The molecule has 3 N–H and O–H groups in total. The Balaban J connectivity index is 1.97. The second kappa shape index (κ2) is 8.38. The fourth-order valence-corrected chi connectivity index (χ4v) is 2.47. The molecule has 0 saturated carbocycles. The molecule has 23 heavy (non-hydrogen) atoms. The normalized spacial score (nSPS) is 17.3. The second-order valence-electron chi connectivity index (χ2n) is 5.28. The molecule has 7 heteroatoms. The summed E-state index contributed by atoms with van der Waals surface area (Å²) in [6.07, 6.45) is 0. The number of hydrogen-bond acceptors (Lipinski definition) is 4. The number of anilines is 1. The van der Waals surface area contributed by atoms with Crippen molar-refractivity contribution in [2.75, 3.05) is 44.7 Å².